The summed E-state index contributed by atoms with van der Waals surface area (Å²) in [6.45, 7) is 3.79. The molecule has 1 aromatic heterocycles. The lowest BCUT2D eigenvalue weighted by atomic mass is 10.2. The summed E-state index contributed by atoms with van der Waals surface area (Å²) in [5.41, 5.74) is 7.83. The molecule has 3 nitrogen and oxygen atoms in total. The van der Waals surface area contributed by atoms with Crippen molar-refractivity contribution in [2.24, 2.45) is 0 Å². The van der Waals surface area contributed by atoms with E-state index in [-0.39, 0.29) is 5.82 Å². The highest BCUT2D eigenvalue weighted by Gasteiger charge is 2.06. The lowest BCUT2D eigenvalue weighted by molar-refractivity contribution is 0.628. The van der Waals surface area contributed by atoms with Crippen LogP contribution in [0.1, 0.15) is 11.5 Å². The Morgan fingerprint density at radius 1 is 1.33 bits per heavy atom. The number of nitrogens with zero attached hydrogens (tertiary/aromatic N) is 2. The van der Waals surface area contributed by atoms with Gasteiger partial charge in [0.2, 0.25) is 0 Å². The molecule has 0 saturated heterocycles. The number of benzene rings is 1. The highest BCUT2D eigenvalue weighted by Crippen LogP contribution is 2.20. The second-order valence-corrected chi connectivity index (χ2v) is 3.50. The molecule has 0 bridgehead atoms. The minimum atomic E-state index is -0.328. The predicted octanol–water partition coefficient (Wildman–Crippen LogP) is 2.21. The highest BCUT2D eigenvalue weighted by molar-refractivity contribution is 5.58. The quantitative estimate of drug-likeness (QED) is 0.725. The molecule has 0 aliphatic heterocycles. The molecule has 0 spiro atoms. The molecule has 0 unspecified atom stereocenters. The summed E-state index contributed by atoms with van der Waals surface area (Å²) in [6, 6.07) is 4.35. The zero-order chi connectivity index (χ0) is 11.0. The Labute approximate surface area is 87.4 Å². The van der Waals surface area contributed by atoms with Gasteiger partial charge >= 0.3 is 0 Å². The van der Waals surface area contributed by atoms with Crippen LogP contribution in [0.3, 0.4) is 0 Å². The van der Waals surface area contributed by atoms with Crippen molar-refractivity contribution >= 4 is 5.69 Å². The molecule has 0 saturated carbocycles. The molecule has 0 radical (unpaired) electrons. The zero-order valence-corrected chi connectivity index (χ0v) is 8.66. The van der Waals surface area contributed by atoms with Crippen molar-refractivity contribution in [2.45, 2.75) is 13.8 Å². The Morgan fingerprint density at radius 2 is 2.07 bits per heavy atom. The average molecular weight is 205 g/mol. The highest BCUT2D eigenvalue weighted by atomic mass is 19.1. The van der Waals surface area contributed by atoms with Gasteiger partial charge in [-0.2, -0.15) is 0 Å². The second kappa shape index (κ2) is 3.38. The normalized spacial score (nSPS) is 10.6. The Hall–Kier alpha value is -1.84. The summed E-state index contributed by atoms with van der Waals surface area (Å²) >= 11 is 0. The van der Waals surface area contributed by atoms with Crippen LogP contribution in [0.15, 0.2) is 24.4 Å². The Bertz CT molecular complexity index is 503. The number of halogens is 1. The molecular formula is C11H12FN3. The molecule has 2 aromatic rings. The van der Waals surface area contributed by atoms with Crippen molar-refractivity contribution in [3.8, 4) is 5.69 Å². The Morgan fingerprint density at radius 3 is 2.60 bits per heavy atom. The topological polar surface area (TPSA) is 43.8 Å². The van der Waals surface area contributed by atoms with Gasteiger partial charge in [-0.15, -0.1) is 0 Å². The van der Waals surface area contributed by atoms with Crippen molar-refractivity contribution in [3.63, 3.8) is 0 Å². The van der Waals surface area contributed by atoms with Crippen LogP contribution in [0.4, 0.5) is 10.1 Å². The van der Waals surface area contributed by atoms with Crippen LogP contribution in [-0.4, -0.2) is 9.55 Å². The first kappa shape index (κ1) is 9.71. The monoisotopic (exact) mass is 205 g/mol. The maximum Gasteiger partial charge on any atom is 0.125 e. The molecule has 78 valence electrons. The molecule has 1 aromatic carbocycles. The van der Waals surface area contributed by atoms with Gasteiger partial charge in [-0.25, -0.2) is 9.37 Å². The SMILES string of the molecule is Cc1cn(-c2ccc(F)cc2N)c(C)n1. The first-order chi connectivity index (χ1) is 7.08. The number of nitrogens with two attached hydrogens (primary N) is 1. The maximum absolute atomic E-state index is 12.9. The fraction of sp³-hybridized carbons (Fsp3) is 0.182. The molecular weight excluding hydrogens is 193 g/mol. The van der Waals surface area contributed by atoms with Crippen molar-refractivity contribution in [3.05, 3.63) is 41.7 Å². The standard InChI is InChI=1S/C11H12FN3/c1-7-6-15(8(2)14-7)11-4-3-9(12)5-10(11)13/h3-6H,13H2,1-2H3. The Kier molecular flexibility index (Phi) is 2.19. The predicted molar refractivity (Wildman–Crippen MR) is 57.4 cm³/mol. The van der Waals surface area contributed by atoms with Gasteiger partial charge in [0.05, 0.1) is 17.1 Å². The van der Waals surface area contributed by atoms with Gasteiger partial charge in [-0.3, -0.25) is 0 Å². The number of imidazole rings is 1. The minimum absolute atomic E-state index is 0.328. The fourth-order valence-corrected chi connectivity index (χ4v) is 1.61. The van der Waals surface area contributed by atoms with Crippen molar-refractivity contribution in [1.82, 2.24) is 9.55 Å². The molecule has 0 aliphatic carbocycles. The van der Waals surface area contributed by atoms with Gasteiger partial charge in [0.1, 0.15) is 11.6 Å². The lowest BCUT2D eigenvalue weighted by Gasteiger charge is -2.07. The van der Waals surface area contributed by atoms with E-state index in [0.717, 1.165) is 17.2 Å². The van der Waals surface area contributed by atoms with Gasteiger partial charge in [0.25, 0.3) is 0 Å². The lowest BCUT2D eigenvalue weighted by Crippen LogP contribution is -2.01. The number of aryl methyl sites for hydroxylation is 2. The molecule has 2 N–H and O–H groups in total. The van der Waals surface area contributed by atoms with E-state index in [4.69, 9.17) is 5.73 Å². The fourth-order valence-electron chi connectivity index (χ4n) is 1.61. The minimum Gasteiger partial charge on any atom is -0.397 e. The third-order valence-corrected chi connectivity index (χ3v) is 2.25. The molecule has 2 rings (SSSR count). The van der Waals surface area contributed by atoms with E-state index < -0.39 is 0 Å². The molecule has 1 heterocycles. The number of hydrogen-bond donors (Lipinski definition) is 1. The van der Waals surface area contributed by atoms with Crippen molar-refractivity contribution in [1.29, 1.82) is 0 Å². The van der Waals surface area contributed by atoms with E-state index in [1.807, 2.05) is 24.6 Å². The molecule has 0 amide bonds. The Balaban J connectivity index is 2.59. The molecule has 0 fully saturated rings. The van der Waals surface area contributed by atoms with E-state index >= 15 is 0 Å². The first-order valence-corrected chi connectivity index (χ1v) is 4.66. The maximum atomic E-state index is 12.9. The smallest absolute Gasteiger partial charge is 0.125 e. The second-order valence-electron chi connectivity index (χ2n) is 3.50. The van der Waals surface area contributed by atoms with Crippen LogP contribution >= 0.6 is 0 Å². The van der Waals surface area contributed by atoms with Gasteiger partial charge in [-0.05, 0) is 32.0 Å². The molecule has 0 atom stereocenters. The van der Waals surface area contributed by atoms with Gasteiger partial charge in [0.15, 0.2) is 0 Å². The summed E-state index contributed by atoms with van der Waals surface area (Å²) in [4.78, 5) is 4.26. The van der Waals surface area contributed by atoms with Crippen LogP contribution in [0.2, 0.25) is 0 Å². The number of anilines is 1. The van der Waals surface area contributed by atoms with E-state index in [9.17, 15) is 4.39 Å². The summed E-state index contributed by atoms with van der Waals surface area (Å²) in [5, 5.41) is 0. The summed E-state index contributed by atoms with van der Waals surface area (Å²) in [6.07, 6.45) is 1.87. The van der Waals surface area contributed by atoms with Crippen LogP contribution in [-0.2, 0) is 0 Å². The average Bonchev–Trinajstić information content (AvgIpc) is 2.45. The molecule has 0 aliphatic rings. The zero-order valence-electron chi connectivity index (χ0n) is 8.66. The number of aromatic nitrogens is 2. The third-order valence-electron chi connectivity index (χ3n) is 2.25. The van der Waals surface area contributed by atoms with Gasteiger partial charge in [-0.1, -0.05) is 0 Å². The number of rotatable bonds is 1. The van der Waals surface area contributed by atoms with Crippen LogP contribution in [0, 0.1) is 19.7 Å². The number of nitrogen functional groups attached to an aromatic ring is 1. The summed E-state index contributed by atoms with van der Waals surface area (Å²) in [5.74, 6) is 0.511. The third kappa shape index (κ3) is 1.70. The summed E-state index contributed by atoms with van der Waals surface area (Å²) < 4.78 is 14.7. The van der Waals surface area contributed by atoms with E-state index in [0.29, 0.717) is 5.69 Å². The molecule has 4 heteroatoms. The van der Waals surface area contributed by atoms with Crippen molar-refractivity contribution in [2.75, 3.05) is 5.73 Å². The van der Waals surface area contributed by atoms with E-state index in [1.54, 1.807) is 6.07 Å². The van der Waals surface area contributed by atoms with E-state index in [2.05, 4.69) is 4.98 Å². The van der Waals surface area contributed by atoms with Gasteiger partial charge < -0.3 is 10.3 Å². The van der Waals surface area contributed by atoms with Crippen molar-refractivity contribution < 1.29 is 4.39 Å². The van der Waals surface area contributed by atoms with Gasteiger partial charge in [0, 0.05) is 6.20 Å². The summed E-state index contributed by atoms with van der Waals surface area (Å²) in [7, 11) is 0. The van der Waals surface area contributed by atoms with Crippen LogP contribution in [0.5, 0.6) is 0 Å². The van der Waals surface area contributed by atoms with E-state index in [1.165, 1.54) is 12.1 Å². The molecule has 15 heavy (non-hydrogen) atoms. The largest absolute Gasteiger partial charge is 0.397 e. The number of hydrogen-bond acceptors (Lipinski definition) is 2. The van der Waals surface area contributed by atoms with Crippen LogP contribution in [0.25, 0.3) is 5.69 Å². The first-order valence-electron chi connectivity index (χ1n) is 4.66. The van der Waals surface area contributed by atoms with Crippen LogP contribution < -0.4 is 5.73 Å².